The second-order valence-electron chi connectivity index (χ2n) is 9.92. The molecule has 0 radical (unpaired) electrons. The van der Waals surface area contributed by atoms with Gasteiger partial charge in [-0.15, -0.1) is 74.7 Å². The molecule has 6 aromatic rings. The summed E-state index contributed by atoms with van der Waals surface area (Å²) in [6, 6.07) is 43.7. The van der Waals surface area contributed by atoms with Crippen LogP contribution in [0, 0.1) is 0 Å². The van der Waals surface area contributed by atoms with Gasteiger partial charge < -0.3 is 0 Å². The molecule has 38 heavy (non-hydrogen) atoms. The van der Waals surface area contributed by atoms with Crippen molar-refractivity contribution in [3.63, 3.8) is 0 Å². The van der Waals surface area contributed by atoms with E-state index in [1.165, 1.54) is 54.9 Å². The fourth-order valence-electron chi connectivity index (χ4n) is 4.98. The van der Waals surface area contributed by atoms with Crippen molar-refractivity contribution in [1.29, 1.82) is 0 Å². The van der Waals surface area contributed by atoms with E-state index in [1.54, 1.807) is 0 Å². The Labute approximate surface area is 245 Å². The van der Waals surface area contributed by atoms with Crippen LogP contribution >= 0.6 is 0 Å². The quantitative estimate of drug-likeness (QED) is 0.157. The zero-order valence-electron chi connectivity index (χ0n) is 22.7. The van der Waals surface area contributed by atoms with Gasteiger partial charge in [-0.25, -0.2) is 0 Å². The number of hydrogen-bond acceptors (Lipinski definition) is 0. The molecule has 0 heterocycles. The molecule has 0 fully saturated rings. The number of benzene rings is 4. The van der Waals surface area contributed by atoms with E-state index in [0.29, 0.717) is 0 Å². The molecule has 0 unspecified atom stereocenters. The third-order valence-electron chi connectivity index (χ3n) is 6.94. The molecule has 0 bridgehead atoms. The van der Waals surface area contributed by atoms with E-state index in [0.717, 1.165) is 12.8 Å². The van der Waals surface area contributed by atoms with Crippen LogP contribution < -0.4 is 0 Å². The molecule has 6 rings (SSSR count). The summed E-state index contributed by atoms with van der Waals surface area (Å²) in [6.45, 7) is 6.88. The van der Waals surface area contributed by atoms with Crippen molar-refractivity contribution in [2.45, 2.75) is 32.9 Å². The minimum absolute atomic E-state index is 0. The summed E-state index contributed by atoms with van der Waals surface area (Å²) in [7, 11) is -0.256. The fourth-order valence-corrected chi connectivity index (χ4v) is 5.62. The maximum absolute atomic E-state index is 2.47. The summed E-state index contributed by atoms with van der Waals surface area (Å²) < 4.78 is 0. The summed E-state index contributed by atoms with van der Waals surface area (Å²) >= 11 is 0. The molecule has 0 aliphatic rings. The van der Waals surface area contributed by atoms with Crippen LogP contribution in [0.4, 0.5) is 0 Å². The SMILES string of the molecule is CCc1cc2c(-c3ccccc3)cccc2[cH-]1.C[Si](C)=CCc1cc2c(-c3ccccc3)cccc2[cH-]1.[Mg+2]. The summed E-state index contributed by atoms with van der Waals surface area (Å²) in [6.07, 6.45) is 2.20. The third kappa shape index (κ3) is 6.50. The van der Waals surface area contributed by atoms with Gasteiger partial charge in [0.05, 0.1) is 0 Å². The van der Waals surface area contributed by atoms with Gasteiger partial charge in [-0.3, -0.25) is 0 Å². The summed E-state index contributed by atoms with van der Waals surface area (Å²) in [5.41, 5.74) is 10.6. The Morgan fingerprint density at radius 1 is 0.605 bits per heavy atom. The molecule has 0 N–H and O–H groups in total. The first-order valence-corrected chi connectivity index (χ1v) is 15.8. The molecule has 0 saturated heterocycles. The fraction of sp³-hybridized carbons (Fsp3) is 0.139. The maximum atomic E-state index is 2.47. The average Bonchev–Trinajstić information content (AvgIpc) is 3.57. The monoisotopic (exact) mass is 518 g/mol. The normalized spacial score (nSPS) is 10.5. The van der Waals surface area contributed by atoms with Crippen molar-refractivity contribution >= 4 is 58.7 Å². The zero-order valence-corrected chi connectivity index (χ0v) is 25.2. The molecular weight excluding hydrogens is 485 g/mol. The second-order valence-corrected chi connectivity index (χ2v) is 12.5. The van der Waals surface area contributed by atoms with Crippen LogP contribution in [0.15, 0.2) is 121 Å². The molecule has 0 aromatic heterocycles. The Kier molecular flexibility index (Phi) is 9.68. The van der Waals surface area contributed by atoms with Gasteiger partial charge in [-0.1, -0.05) is 104 Å². The van der Waals surface area contributed by atoms with Crippen molar-refractivity contribution in [2.24, 2.45) is 0 Å². The van der Waals surface area contributed by atoms with Crippen LogP contribution in [0.3, 0.4) is 0 Å². The molecule has 6 aromatic carbocycles. The van der Waals surface area contributed by atoms with Crippen molar-refractivity contribution in [3.05, 3.63) is 132 Å². The van der Waals surface area contributed by atoms with Gasteiger partial charge in [0, 0.05) is 0 Å². The molecule has 0 saturated carbocycles. The topological polar surface area (TPSA) is 0 Å². The van der Waals surface area contributed by atoms with Crippen molar-refractivity contribution in [2.75, 3.05) is 0 Å². The minimum Gasteiger partial charge on any atom is -0.164 e. The number of aryl methyl sites for hydroxylation is 1. The van der Waals surface area contributed by atoms with E-state index >= 15 is 0 Å². The molecule has 2 heteroatoms. The van der Waals surface area contributed by atoms with Gasteiger partial charge in [0.2, 0.25) is 0 Å². The first kappa shape index (κ1) is 28.0. The second kappa shape index (κ2) is 13.1. The number of rotatable bonds is 5. The van der Waals surface area contributed by atoms with Crippen LogP contribution in [0.5, 0.6) is 0 Å². The van der Waals surface area contributed by atoms with Crippen LogP contribution in [-0.2, 0) is 12.8 Å². The van der Waals surface area contributed by atoms with Crippen LogP contribution in [0.1, 0.15) is 18.1 Å². The van der Waals surface area contributed by atoms with Gasteiger partial charge in [-0.05, 0) is 32.4 Å². The van der Waals surface area contributed by atoms with Gasteiger partial charge in [-0.2, -0.15) is 12.1 Å². The summed E-state index contributed by atoms with van der Waals surface area (Å²) in [4.78, 5) is 0. The smallest absolute Gasteiger partial charge is 0.164 e. The third-order valence-corrected chi connectivity index (χ3v) is 7.97. The van der Waals surface area contributed by atoms with E-state index < -0.39 is 0 Å². The zero-order chi connectivity index (χ0) is 25.6. The molecule has 0 atom stereocenters. The molecule has 184 valence electrons. The van der Waals surface area contributed by atoms with E-state index in [2.05, 4.69) is 147 Å². The van der Waals surface area contributed by atoms with E-state index in [9.17, 15) is 0 Å². The molecule has 0 aliphatic carbocycles. The van der Waals surface area contributed by atoms with Crippen LogP contribution in [0.2, 0.25) is 13.1 Å². The van der Waals surface area contributed by atoms with Gasteiger partial charge in [0.25, 0.3) is 0 Å². The Hall–Kier alpha value is -3.05. The van der Waals surface area contributed by atoms with E-state index in [1.807, 2.05) is 0 Å². The molecule has 0 amide bonds. The molecular formula is C36H34MgSi. The molecule has 0 nitrogen and oxygen atoms in total. The van der Waals surface area contributed by atoms with Crippen LogP contribution in [0.25, 0.3) is 43.8 Å². The van der Waals surface area contributed by atoms with E-state index in [4.69, 9.17) is 0 Å². The Balaban J connectivity index is 0.000000174. The van der Waals surface area contributed by atoms with Gasteiger partial charge in [0.15, 0.2) is 0 Å². The first-order valence-electron chi connectivity index (χ1n) is 13.2. The Morgan fingerprint density at radius 3 is 1.55 bits per heavy atom. The standard InChI is InChI=1S/C19H19Si.C17H15.Mg/c1-20(2)12-11-15-13-17-9-6-10-18(19(17)14-15)16-7-4-3-5-8-16;1-2-13-11-15-9-6-10-16(17(15)12-13)14-7-4-3-5-8-14;/h3-10,12-14H,11H2,1-2H3;3-12H,2H2,1H3;/q2*-1;+2. The van der Waals surface area contributed by atoms with Crippen molar-refractivity contribution in [3.8, 4) is 22.3 Å². The first-order chi connectivity index (χ1) is 18.1. The Bertz CT molecular complexity index is 1630. The maximum Gasteiger partial charge on any atom is 2.00 e. The summed E-state index contributed by atoms with van der Waals surface area (Å²) in [5, 5.41) is 5.46. The Morgan fingerprint density at radius 2 is 1.08 bits per heavy atom. The largest absolute Gasteiger partial charge is 2.00 e. The average molecular weight is 519 g/mol. The number of fused-ring (bicyclic) bond motifs is 2. The van der Waals surface area contributed by atoms with Crippen molar-refractivity contribution < 1.29 is 0 Å². The summed E-state index contributed by atoms with van der Waals surface area (Å²) in [5.74, 6) is 0. The van der Waals surface area contributed by atoms with Crippen molar-refractivity contribution in [1.82, 2.24) is 0 Å². The molecule has 0 spiro atoms. The van der Waals surface area contributed by atoms with E-state index in [-0.39, 0.29) is 31.5 Å². The van der Waals surface area contributed by atoms with Crippen LogP contribution in [-0.4, -0.2) is 37.1 Å². The van der Waals surface area contributed by atoms with Gasteiger partial charge >= 0.3 is 23.1 Å². The van der Waals surface area contributed by atoms with Gasteiger partial charge in [0.1, 0.15) is 0 Å². The minimum atomic E-state index is -0.256. The number of hydrogen-bond donors (Lipinski definition) is 0. The molecule has 0 aliphatic heterocycles. The predicted octanol–water partition coefficient (Wildman–Crippen LogP) is 9.31. The predicted molar refractivity (Wildman–Crippen MR) is 172 cm³/mol.